The molecule has 6 nitrogen and oxygen atoms in total. The summed E-state index contributed by atoms with van der Waals surface area (Å²) < 4.78 is 5.48. The van der Waals surface area contributed by atoms with Gasteiger partial charge in [0.1, 0.15) is 6.33 Å². The van der Waals surface area contributed by atoms with Crippen LogP contribution >= 0.6 is 0 Å². The zero-order valence-corrected chi connectivity index (χ0v) is 12.0. The van der Waals surface area contributed by atoms with Gasteiger partial charge in [0.2, 0.25) is 11.7 Å². The molecule has 4 aliphatic rings. The zero-order chi connectivity index (χ0) is 13.9. The van der Waals surface area contributed by atoms with E-state index >= 15 is 0 Å². The molecular formula is C15H19N5O. The first-order valence-corrected chi connectivity index (χ1v) is 7.96. The summed E-state index contributed by atoms with van der Waals surface area (Å²) in [5.74, 6) is 4.72. The number of hydrogen-bond acceptors (Lipinski definition) is 5. The molecule has 0 amide bonds. The molecule has 0 atom stereocenters. The lowest BCUT2D eigenvalue weighted by Crippen LogP contribution is -2.47. The van der Waals surface area contributed by atoms with Gasteiger partial charge in [-0.05, 0) is 61.7 Å². The summed E-state index contributed by atoms with van der Waals surface area (Å²) >= 11 is 0. The maximum Gasteiger partial charge on any atom is 0.239 e. The molecule has 110 valence electrons. The summed E-state index contributed by atoms with van der Waals surface area (Å²) in [7, 11) is 0. The van der Waals surface area contributed by atoms with E-state index in [-0.39, 0.29) is 0 Å². The third kappa shape index (κ3) is 1.92. The van der Waals surface area contributed by atoms with Crippen molar-refractivity contribution in [2.75, 3.05) is 0 Å². The molecular weight excluding hydrogens is 266 g/mol. The van der Waals surface area contributed by atoms with Crippen LogP contribution in [0.1, 0.15) is 44.4 Å². The molecule has 0 saturated heterocycles. The predicted octanol–water partition coefficient (Wildman–Crippen LogP) is 2.61. The van der Waals surface area contributed by atoms with E-state index in [1.807, 2.05) is 0 Å². The van der Waals surface area contributed by atoms with E-state index in [0.717, 1.165) is 30.1 Å². The van der Waals surface area contributed by atoms with Gasteiger partial charge in [0.25, 0.3) is 0 Å². The maximum atomic E-state index is 5.48. The van der Waals surface area contributed by atoms with E-state index in [4.69, 9.17) is 4.52 Å². The van der Waals surface area contributed by atoms with Crippen molar-refractivity contribution >= 4 is 0 Å². The van der Waals surface area contributed by atoms with Crippen molar-refractivity contribution in [2.45, 2.75) is 44.9 Å². The summed E-state index contributed by atoms with van der Waals surface area (Å²) in [4.78, 5) is 8.59. The van der Waals surface area contributed by atoms with E-state index < -0.39 is 0 Å². The summed E-state index contributed by atoms with van der Waals surface area (Å²) in [6.45, 7) is 0. The van der Waals surface area contributed by atoms with Crippen molar-refractivity contribution in [3.8, 4) is 11.6 Å². The third-order valence-corrected chi connectivity index (χ3v) is 5.79. The van der Waals surface area contributed by atoms with Crippen molar-refractivity contribution in [2.24, 2.45) is 23.2 Å². The number of nitrogens with zero attached hydrogens (tertiary/aromatic N) is 4. The van der Waals surface area contributed by atoms with E-state index in [1.165, 1.54) is 44.9 Å². The lowest BCUT2D eigenvalue weighted by Gasteiger charge is -2.56. The maximum absolute atomic E-state index is 5.48. The second-order valence-corrected chi connectivity index (χ2v) is 7.44. The summed E-state index contributed by atoms with van der Waals surface area (Å²) in [5, 5.41) is 10.6. The molecule has 0 aliphatic heterocycles. The topological polar surface area (TPSA) is 80.5 Å². The Morgan fingerprint density at radius 3 is 2.48 bits per heavy atom. The summed E-state index contributed by atoms with van der Waals surface area (Å²) in [6.07, 6.45) is 10.9. The number of aromatic amines is 1. The molecule has 6 heteroatoms. The SMILES string of the molecule is c1n[nH]c(-c2noc(CC34CC5CC(CC(C5)C3)C4)n2)n1. The standard InChI is InChI=1S/C15H19N5O/c1-9-2-11-3-10(1)5-15(4-9,6-11)7-12-18-14(20-21-12)13-16-8-17-19-13/h8-11H,1-7H2,(H,16,17,19). The van der Waals surface area contributed by atoms with Crippen molar-refractivity contribution < 1.29 is 4.52 Å². The van der Waals surface area contributed by atoms with E-state index in [1.54, 1.807) is 0 Å². The Morgan fingerprint density at radius 2 is 1.86 bits per heavy atom. The van der Waals surface area contributed by atoms with Gasteiger partial charge in [-0.2, -0.15) is 10.1 Å². The van der Waals surface area contributed by atoms with Crippen molar-refractivity contribution in [3.05, 3.63) is 12.2 Å². The van der Waals surface area contributed by atoms with Crippen LogP contribution in [0.3, 0.4) is 0 Å². The van der Waals surface area contributed by atoms with Gasteiger partial charge in [-0.1, -0.05) is 5.16 Å². The van der Waals surface area contributed by atoms with E-state index in [9.17, 15) is 0 Å². The molecule has 1 N–H and O–H groups in total. The van der Waals surface area contributed by atoms with Crippen molar-refractivity contribution in [1.29, 1.82) is 0 Å². The van der Waals surface area contributed by atoms with Crippen LogP contribution in [-0.2, 0) is 6.42 Å². The largest absolute Gasteiger partial charge is 0.339 e. The Balaban J connectivity index is 1.40. The van der Waals surface area contributed by atoms with Crippen LogP contribution < -0.4 is 0 Å². The first-order valence-electron chi connectivity index (χ1n) is 7.96. The average Bonchev–Trinajstić information content (AvgIpc) is 3.06. The second-order valence-electron chi connectivity index (χ2n) is 7.44. The fraction of sp³-hybridized carbons (Fsp3) is 0.733. The Bertz CT molecular complexity index is 612. The predicted molar refractivity (Wildman–Crippen MR) is 74.0 cm³/mol. The van der Waals surface area contributed by atoms with Gasteiger partial charge in [0.15, 0.2) is 5.82 Å². The lowest BCUT2D eigenvalue weighted by atomic mass is 9.49. The monoisotopic (exact) mass is 285 g/mol. The van der Waals surface area contributed by atoms with Gasteiger partial charge < -0.3 is 4.52 Å². The Hall–Kier alpha value is -1.72. The second kappa shape index (κ2) is 4.15. The van der Waals surface area contributed by atoms with Crippen LogP contribution in [0.15, 0.2) is 10.9 Å². The van der Waals surface area contributed by atoms with Crippen LogP contribution in [0.4, 0.5) is 0 Å². The van der Waals surface area contributed by atoms with E-state index in [2.05, 4.69) is 25.3 Å². The number of hydrogen-bond donors (Lipinski definition) is 1. The fourth-order valence-electron chi connectivity index (χ4n) is 5.56. The first kappa shape index (κ1) is 11.9. The molecule has 4 bridgehead atoms. The Kier molecular flexibility index (Phi) is 2.35. The molecule has 0 spiro atoms. The highest BCUT2D eigenvalue weighted by Gasteiger charge is 2.51. The van der Waals surface area contributed by atoms with Gasteiger partial charge in [0, 0.05) is 6.42 Å². The molecule has 2 aromatic heterocycles. The Morgan fingerprint density at radius 1 is 1.14 bits per heavy atom. The molecule has 2 aromatic rings. The third-order valence-electron chi connectivity index (χ3n) is 5.79. The smallest absolute Gasteiger partial charge is 0.239 e. The van der Waals surface area contributed by atoms with Crippen LogP contribution in [0.2, 0.25) is 0 Å². The molecule has 4 saturated carbocycles. The van der Waals surface area contributed by atoms with Gasteiger partial charge in [-0.25, -0.2) is 4.98 Å². The van der Waals surface area contributed by atoms with Gasteiger partial charge in [-0.15, -0.1) is 0 Å². The van der Waals surface area contributed by atoms with Gasteiger partial charge in [0.05, 0.1) is 0 Å². The minimum atomic E-state index is 0.431. The van der Waals surface area contributed by atoms with Crippen LogP contribution in [-0.4, -0.2) is 25.3 Å². The number of nitrogens with one attached hydrogen (secondary N) is 1. The minimum absolute atomic E-state index is 0.431. The quantitative estimate of drug-likeness (QED) is 0.937. The zero-order valence-electron chi connectivity index (χ0n) is 12.0. The van der Waals surface area contributed by atoms with Gasteiger partial charge >= 0.3 is 0 Å². The molecule has 4 fully saturated rings. The molecule has 4 aliphatic carbocycles. The highest BCUT2D eigenvalue weighted by Crippen LogP contribution is 2.60. The van der Waals surface area contributed by atoms with Gasteiger partial charge in [-0.3, -0.25) is 5.10 Å². The minimum Gasteiger partial charge on any atom is -0.339 e. The van der Waals surface area contributed by atoms with Crippen molar-refractivity contribution in [3.63, 3.8) is 0 Å². The van der Waals surface area contributed by atoms with Crippen molar-refractivity contribution in [1.82, 2.24) is 25.3 Å². The molecule has 0 radical (unpaired) electrons. The van der Waals surface area contributed by atoms with E-state index in [0.29, 0.717) is 17.1 Å². The molecule has 2 heterocycles. The molecule has 6 rings (SSSR count). The highest BCUT2D eigenvalue weighted by molar-refractivity contribution is 5.39. The fourth-order valence-corrected chi connectivity index (χ4v) is 5.56. The Labute approximate surface area is 122 Å². The first-order chi connectivity index (χ1) is 10.3. The molecule has 0 unspecified atom stereocenters. The lowest BCUT2D eigenvalue weighted by molar-refractivity contribution is -0.0556. The molecule has 0 aromatic carbocycles. The van der Waals surface area contributed by atoms with Crippen LogP contribution in [0, 0.1) is 23.2 Å². The average molecular weight is 285 g/mol. The number of aromatic nitrogens is 5. The summed E-state index contributed by atoms with van der Waals surface area (Å²) in [5.41, 5.74) is 0.431. The normalized spacial score (nSPS) is 37.2. The van der Waals surface area contributed by atoms with Crippen LogP contribution in [0.5, 0.6) is 0 Å². The number of H-pyrrole nitrogens is 1. The van der Waals surface area contributed by atoms with Crippen LogP contribution in [0.25, 0.3) is 11.6 Å². The summed E-state index contributed by atoms with van der Waals surface area (Å²) in [6, 6.07) is 0. The highest BCUT2D eigenvalue weighted by atomic mass is 16.5. The number of rotatable bonds is 3. The molecule has 21 heavy (non-hydrogen) atoms.